The van der Waals surface area contributed by atoms with Crippen molar-refractivity contribution >= 4 is 5.82 Å². The first-order valence-electron chi connectivity index (χ1n) is 14.7. The zero-order valence-corrected chi connectivity index (χ0v) is 19.7. The molecule has 1 aromatic heterocycles. The summed E-state index contributed by atoms with van der Waals surface area (Å²) in [5, 5.41) is 10.6. The van der Waals surface area contributed by atoms with Gasteiger partial charge in [-0.3, -0.25) is 0 Å². The second-order valence-corrected chi connectivity index (χ2v) is 9.99. The Labute approximate surface area is 215 Å². The van der Waals surface area contributed by atoms with Crippen molar-refractivity contribution in [2.45, 2.75) is 44.5 Å². The molecule has 6 nitrogen and oxygen atoms in total. The van der Waals surface area contributed by atoms with Crippen LogP contribution in [0.15, 0.2) is 24.3 Å². The molecule has 0 radical (unpaired) electrons. The minimum atomic E-state index is -4.84. The zero-order valence-electron chi connectivity index (χ0n) is 24.7. The molecule has 1 N–H and O–H groups in total. The van der Waals surface area contributed by atoms with Crippen molar-refractivity contribution in [3.8, 4) is 11.3 Å². The largest absolute Gasteiger partial charge is 0.420 e. The monoisotopic (exact) mass is 513 g/mol. The average molecular weight is 514 g/mol. The van der Waals surface area contributed by atoms with E-state index in [0.29, 0.717) is 36.7 Å². The quantitative estimate of drug-likeness (QED) is 0.526. The minimum absolute atomic E-state index is 0.219. The van der Waals surface area contributed by atoms with Crippen molar-refractivity contribution in [1.82, 2.24) is 15.1 Å². The number of rotatable bonds is 7. The molecule has 196 valence electrons. The summed E-state index contributed by atoms with van der Waals surface area (Å²) in [6.45, 7) is 1.46. The van der Waals surface area contributed by atoms with Gasteiger partial charge in [-0.15, -0.1) is 10.2 Å². The number of methoxy groups -OCH3 is 1. The Morgan fingerprint density at radius 1 is 1.17 bits per heavy atom. The number of halogens is 4. The molecule has 1 aliphatic carbocycles. The van der Waals surface area contributed by atoms with Crippen LogP contribution in [0.4, 0.5) is 23.4 Å². The molecule has 1 aromatic carbocycles. The summed E-state index contributed by atoms with van der Waals surface area (Å²) in [6, 6.07) is 3.00. The van der Waals surface area contributed by atoms with Crippen LogP contribution in [0, 0.1) is 23.6 Å². The van der Waals surface area contributed by atoms with Crippen LogP contribution in [-0.2, 0) is 22.2 Å². The molecule has 36 heavy (non-hydrogen) atoms. The highest BCUT2D eigenvalue weighted by atomic mass is 19.4. The van der Waals surface area contributed by atoms with E-state index in [1.54, 1.807) is 0 Å². The van der Waals surface area contributed by atoms with E-state index in [9.17, 15) is 17.6 Å². The standard InChI is InChI=1S/C26H32F4N4O2/c1-35-15-17-2-3-20(27)10-22(17)24-11-23(26(28,29)30)25(33-32-24)31-21-8-18-13-34(14-19(18)9-21)12-16-4-6-36-7-5-16/h2-3,10-11,16,18-19,21H,4-9,12-15H2,1H3,(H,31,33)/t18-,19+,21?/i1D3,15D2. The predicted octanol–water partition coefficient (Wildman–Crippen LogP) is 5.00. The van der Waals surface area contributed by atoms with Crippen LogP contribution in [-0.4, -0.2) is 61.0 Å². The van der Waals surface area contributed by atoms with Gasteiger partial charge in [-0.2, -0.15) is 13.2 Å². The van der Waals surface area contributed by atoms with Crippen LogP contribution in [0.3, 0.4) is 0 Å². The highest BCUT2D eigenvalue weighted by molar-refractivity contribution is 5.66. The average Bonchev–Trinajstić information content (AvgIpc) is 3.40. The topological polar surface area (TPSA) is 59.5 Å². The summed E-state index contributed by atoms with van der Waals surface area (Å²) in [7, 11) is -3.16. The molecule has 2 saturated heterocycles. The summed E-state index contributed by atoms with van der Waals surface area (Å²) in [5.41, 5.74) is -2.49. The number of likely N-dealkylation sites (tertiary alicyclic amines) is 1. The molecule has 1 unspecified atom stereocenters. The highest BCUT2D eigenvalue weighted by Crippen LogP contribution is 2.42. The van der Waals surface area contributed by atoms with Gasteiger partial charge < -0.3 is 19.7 Å². The normalized spacial score (nSPS) is 28.1. The third-order valence-corrected chi connectivity index (χ3v) is 7.54. The SMILES string of the molecule is [2H]C([2H])([2H])OC([2H])([2H])c1ccc(F)cc1-c1cc(C(F)(F)F)c(NC2C[C@@H]3CN(CC4CCOCC4)C[C@@H]3C2)nn1. The van der Waals surface area contributed by atoms with Crippen LogP contribution < -0.4 is 5.32 Å². The van der Waals surface area contributed by atoms with Crippen LogP contribution in [0.25, 0.3) is 11.3 Å². The lowest BCUT2D eigenvalue weighted by molar-refractivity contribution is -0.137. The Morgan fingerprint density at radius 2 is 1.92 bits per heavy atom. The molecule has 0 spiro atoms. The molecule has 5 rings (SSSR count). The van der Waals surface area contributed by atoms with E-state index in [1.807, 2.05) is 0 Å². The van der Waals surface area contributed by atoms with Crippen LogP contribution in [0.5, 0.6) is 0 Å². The summed E-state index contributed by atoms with van der Waals surface area (Å²) in [6.07, 6.45) is -1.32. The number of fused-ring (bicyclic) bond motifs is 1. The van der Waals surface area contributed by atoms with Gasteiger partial charge in [0, 0.05) is 51.5 Å². The number of ether oxygens (including phenoxy) is 2. The molecule has 0 bridgehead atoms. The third kappa shape index (κ3) is 5.65. The fourth-order valence-corrected chi connectivity index (χ4v) is 5.87. The van der Waals surface area contributed by atoms with Gasteiger partial charge in [-0.1, -0.05) is 6.07 Å². The lowest BCUT2D eigenvalue weighted by atomic mass is 10.00. The number of alkyl halides is 3. The van der Waals surface area contributed by atoms with Crippen molar-refractivity contribution in [1.29, 1.82) is 0 Å². The Bertz CT molecular complexity index is 1230. The lowest BCUT2D eigenvalue weighted by Crippen LogP contribution is -2.32. The lowest BCUT2D eigenvalue weighted by Gasteiger charge is -2.28. The Kier molecular flexibility index (Phi) is 5.81. The van der Waals surface area contributed by atoms with Crippen LogP contribution in [0.2, 0.25) is 0 Å². The summed E-state index contributed by atoms with van der Waals surface area (Å²) >= 11 is 0. The second kappa shape index (κ2) is 10.6. The molecule has 1 saturated carbocycles. The maximum atomic E-state index is 14.2. The van der Waals surface area contributed by atoms with E-state index in [-0.39, 0.29) is 6.04 Å². The zero-order chi connectivity index (χ0) is 29.6. The smallest absolute Gasteiger partial charge is 0.381 e. The summed E-state index contributed by atoms with van der Waals surface area (Å²) in [5.74, 6) is 0.0429. The number of benzene rings is 1. The van der Waals surface area contributed by atoms with Gasteiger partial charge in [0.1, 0.15) is 11.4 Å². The Hall–Kier alpha value is -2.30. The predicted molar refractivity (Wildman–Crippen MR) is 127 cm³/mol. The van der Waals surface area contributed by atoms with Crippen molar-refractivity contribution in [3.63, 3.8) is 0 Å². The summed E-state index contributed by atoms with van der Waals surface area (Å²) < 4.78 is 104. The molecular weight excluding hydrogens is 476 g/mol. The van der Waals surface area contributed by atoms with Crippen molar-refractivity contribution in [3.05, 3.63) is 41.2 Å². The Morgan fingerprint density at radius 3 is 2.61 bits per heavy atom. The fourth-order valence-electron chi connectivity index (χ4n) is 5.87. The molecule has 2 aromatic rings. The molecule has 0 amide bonds. The number of nitrogens with zero attached hydrogens (tertiary/aromatic N) is 3. The van der Waals surface area contributed by atoms with E-state index in [4.69, 9.17) is 11.6 Å². The van der Waals surface area contributed by atoms with Gasteiger partial charge in [0.2, 0.25) is 0 Å². The third-order valence-electron chi connectivity index (χ3n) is 7.54. The van der Waals surface area contributed by atoms with Crippen molar-refractivity contribution in [2.24, 2.45) is 17.8 Å². The highest BCUT2D eigenvalue weighted by Gasteiger charge is 2.43. The first kappa shape index (κ1) is 19.8. The summed E-state index contributed by atoms with van der Waals surface area (Å²) in [4.78, 5) is 2.46. The van der Waals surface area contributed by atoms with Crippen molar-refractivity contribution in [2.75, 3.05) is 45.2 Å². The van der Waals surface area contributed by atoms with E-state index in [2.05, 4.69) is 25.2 Å². The first-order chi connectivity index (χ1) is 19.2. The molecule has 3 atom stereocenters. The second-order valence-electron chi connectivity index (χ2n) is 9.99. The maximum absolute atomic E-state index is 14.2. The number of hydrogen-bond acceptors (Lipinski definition) is 6. The van der Waals surface area contributed by atoms with Gasteiger partial charge in [0.25, 0.3) is 0 Å². The van der Waals surface area contributed by atoms with E-state index < -0.39 is 53.8 Å². The van der Waals surface area contributed by atoms with E-state index in [0.717, 1.165) is 63.9 Å². The molecule has 3 aliphatic rings. The minimum Gasteiger partial charge on any atom is -0.381 e. The first-order valence-corrected chi connectivity index (χ1v) is 12.2. The molecule has 3 fully saturated rings. The van der Waals surface area contributed by atoms with E-state index in [1.165, 1.54) is 0 Å². The molecule has 10 heteroatoms. The number of aromatic nitrogens is 2. The van der Waals surface area contributed by atoms with Gasteiger partial charge in [-0.05, 0) is 67.2 Å². The van der Waals surface area contributed by atoms with Gasteiger partial charge in [0.05, 0.1) is 19.1 Å². The van der Waals surface area contributed by atoms with Crippen LogP contribution in [0.1, 0.15) is 43.7 Å². The number of anilines is 1. The molecule has 2 aliphatic heterocycles. The fraction of sp³-hybridized carbons (Fsp3) is 0.615. The molecular formula is C26H32F4N4O2. The van der Waals surface area contributed by atoms with Crippen molar-refractivity contribution < 1.29 is 33.9 Å². The van der Waals surface area contributed by atoms with Gasteiger partial charge >= 0.3 is 6.18 Å². The van der Waals surface area contributed by atoms with Gasteiger partial charge in [0.15, 0.2) is 5.82 Å². The van der Waals surface area contributed by atoms with Crippen LogP contribution >= 0.6 is 0 Å². The van der Waals surface area contributed by atoms with Gasteiger partial charge in [-0.25, -0.2) is 4.39 Å². The Balaban J connectivity index is 1.33. The number of hydrogen-bond donors (Lipinski definition) is 1. The molecule has 3 heterocycles. The maximum Gasteiger partial charge on any atom is 0.420 e. The number of nitrogens with one attached hydrogen (secondary N) is 1. The van der Waals surface area contributed by atoms with E-state index >= 15 is 0 Å².